The normalized spacial score (nSPS) is 13.1. The summed E-state index contributed by atoms with van der Waals surface area (Å²) in [5, 5.41) is 2.52. The number of alkyl carbamates (subject to hydrolysis) is 1. The lowest BCUT2D eigenvalue weighted by Crippen LogP contribution is -2.42. The number of nitrogens with zero attached hydrogens (tertiary/aromatic N) is 1. The number of carbonyl (C=O) groups excluding carboxylic acids is 2. The number of fused-ring (bicyclic) bond motifs is 1. The summed E-state index contributed by atoms with van der Waals surface area (Å²) in [5.41, 5.74) is 3.37. The molecule has 2 aromatic carbocycles. The van der Waals surface area contributed by atoms with Gasteiger partial charge in [0.1, 0.15) is 13.2 Å². The predicted molar refractivity (Wildman–Crippen MR) is 90.2 cm³/mol. The molecule has 1 aliphatic heterocycles. The van der Waals surface area contributed by atoms with Crippen LogP contribution in [0.4, 0.5) is 4.79 Å². The molecule has 124 valence electrons. The zero-order valence-electron chi connectivity index (χ0n) is 13.4. The number of amides is 2. The van der Waals surface area contributed by atoms with Gasteiger partial charge in [-0.05, 0) is 23.1 Å². The molecule has 1 aliphatic rings. The summed E-state index contributed by atoms with van der Waals surface area (Å²) in [6, 6.07) is 17.5. The van der Waals surface area contributed by atoms with Crippen molar-refractivity contribution in [3.8, 4) is 0 Å². The maximum Gasteiger partial charge on any atom is 0.407 e. The fourth-order valence-electron chi connectivity index (χ4n) is 2.74. The maximum atomic E-state index is 12.2. The molecular formula is C19H20N2O3. The minimum atomic E-state index is -0.579. The Morgan fingerprint density at radius 2 is 1.71 bits per heavy atom. The Balaban J connectivity index is 1.43. The van der Waals surface area contributed by atoms with Crippen molar-refractivity contribution in [1.29, 1.82) is 0 Å². The van der Waals surface area contributed by atoms with E-state index < -0.39 is 6.09 Å². The fraction of sp³-hybridized carbons (Fsp3) is 0.263. The smallest absolute Gasteiger partial charge is 0.407 e. The van der Waals surface area contributed by atoms with Crippen LogP contribution in [0.3, 0.4) is 0 Å². The lowest BCUT2D eigenvalue weighted by molar-refractivity contribution is -0.131. The number of rotatable bonds is 4. The topological polar surface area (TPSA) is 58.6 Å². The van der Waals surface area contributed by atoms with Crippen molar-refractivity contribution in [2.24, 2.45) is 0 Å². The average molecular weight is 324 g/mol. The van der Waals surface area contributed by atoms with Gasteiger partial charge < -0.3 is 15.0 Å². The van der Waals surface area contributed by atoms with Gasteiger partial charge in [0.15, 0.2) is 0 Å². The highest BCUT2D eigenvalue weighted by Gasteiger charge is 2.20. The van der Waals surface area contributed by atoms with Crippen LogP contribution >= 0.6 is 0 Å². The highest BCUT2D eigenvalue weighted by atomic mass is 16.5. The van der Waals surface area contributed by atoms with E-state index in [1.165, 1.54) is 11.1 Å². The number of ether oxygens (including phenoxy) is 1. The average Bonchev–Trinajstić information content (AvgIpc) is 2.65. The van der Waals surface area contributed by atoms with E-state index in [0.29, 0.717) is 13.1 Å². The molecule has 2 amide bonds. The molecule has 1 heterocycles. The third-order valence-electron chi connectivity index (χ3n) is 4.08. The van der Waals surface area contributed by atoms with Crippen LogP contribution in [-0.2, 0) is 29.1 Å². The quantitative estimate of drug-likeness (QED) is 0.940. The number of hydrogen-bond donors (Lipinski definition) is 1. The van der Waals surface area contributed by atoms with Crippen LogP contribution in [0, 0.1) is 0 Å². The highest BCUT2D eigenvalue weighted by Crippen LogP contribution is 2.18. The summed E-state index contributed by atoms with van der Waals surface area (Å²) in [7, 11) is 0. The first-order chi connectivity index (χ1) is 11.7. The Kier molecular flexibility index (Phi) is 5.11. The molecule has 5 heteroatoms. The van der Waals surface area contributed by atoms with Crippen molar-refractivity contribution < 1.29 is 14.3 Å². The van der Waals surface area contributed by atoms with Crippen LogP contribution < -0.4 is 5.32 Å². The zero-order chi connectivity index (χ0) is 16.8. The summed E-state index contributed by atoms with van der Waals surface area (Å²) in [6.07, 6.45) is 0.269. The Morgan fingerprint density at radius 1 is 1.00 bits per heavy atom. The van der Waals surface area contributed by atoms with E-state index in [-0.39, 0.29) is 19.1 Å². The monoisotopic (exact) mass is 324 g/mol. The molecule has 0 saturated heterocycles. The molecule has 0 aromatic heterocycles. The lowest BCUT2D eigenvalue weighted by Gasteiger charge is -2.28. The maximum absolute atomic E-state index is 12.2. The number of hydrogen-bond acceptors (Lipinski definition) is 3. The van der Waals surface area contributed by atoms with Gasteiger partial charge in [-0.1, -0.05) is 54.6 Å². The molecule has 2 aromatic rings. The zero-order valence-corrected chi connectivity index (χ0v) is 13.4. The van der Waals surface area contributed by atoms with Gasteiger partial charge in [-0.25, -0.2) is 4.79 Å². The predicted octanol–water partition coefficient (Wildman–Crippen LogP) is 2.50. The molecule has 0 atom stereocenters. The van der Waals surface area contributed by atoms with Gasteiger partial charge in [0, 0.05) is 13.1 Å². The second-order valence-electron chi connectivity index (χ2n) is 5.75. The Bertz CT molecular complexity index is 716. The van der Waals surface area contributed by atoms with Crippen LogP contribution in [0.5, 0.6) is 0 Å². The third kappa shape index (κ3) is 4.13. The van der Waals surface area contributed by atoms with Crippen molar-refractivity contribution in [2.75, 3.05) is 13.1 Å². The van der Waals surface area contributed by atoms with Crippen molar-refractivity contribution >= 4 is 12.0 Å². The van der Waals surface area contributed by atoms with E-state index in [9.17, 15) is 9.59 Å². The molecule has 0 radical (unpaired) electrons. The van der Waals surface area contributed by atoms with Crippen LogP contribution in [0.1, 0.15) is 16.7 Å². The van der Waals surface area contributed by atoms with E-state index in [2.05, 4.69) is 11.4 Å². The van der Waals surface area contributed by atoms with E-state index in [4.69, 9.17) is 4.74 Å². The van der Waals surface area contributed by atoms with Crippen LogP contribution in [-0.4, -0.2) is 30.0 Å². The molecular weight excluding hydrogens is 304 g/mol. The van der Waals surface area contributed by atoms with E-state index in [1.54, 1.807) is 4.90 Å². The number of nitrogens with one attached hydrogen (secondary N) is 1. The largest absolute Gasteiger partial charge is 0.445 e. The molecule has 0 fully saturated rings. The molecule has 0 bridgehead atoms. The number of benzene rings is 2. The van der Waals surface area contributed by atoms with Gasteiger partial charge in [0.05, 0.1) is 0 Å². The molecule has 0 aliphatic carbocycles. The number of carbonyl (C=O) groups is 2. The summed E-state index contributed by atoms with van der Waals surface area (Å²) < 4.78 is 5.10. The minimum absolute atomic E-state index is 0.0458. The molecule has 1 N–H and O–H groups in total. The van der Waals surface area contributed by atoms with Crippen LogP contribution in [0.25, 0.3) is 0 Å². The minimum Gasteiger partial charge on any atom is -0.445 e. The van der Waals surface area contributed by atoms with Crippen molar-refractivity contribution in [3.05, 3.63) is 71.3 Å². The van der Waals surface area contributed by atoms with E-state index >= 15 is 0 Å². The van der Waals surface area contributed by atoms with Crippen molar-refractivity contribution in [2.45, 2.75) is 19.6 Å². The van der Waals surface area contributed by atoms with E-state index in [0.717, 1.165) is 12.0 Å². The molecule has 0 unspecified atom stereocenters. The fourth-order valence-corrected chi connectivity index (χ4v) is 2.74. The van der Waals surface area contributed by atoms with Crippen molar-refractivity contribution in [1.82, 2.24) is 10.2 Å². The molecule has 0 spiro atoms. The van der Waals surface area contributed by atoms with Gasteiger partial charge in [0.2, 0.25) is 5.91 Å². The van der Waals surface area contributed by atoms with Gasteiger partial charge in [0.25, 0.3) is 0 Å². The second-order valence-corrected chi connectivity index (χ2v) is 5.75. The lowest BCUT2D eigenvalue weighted by atomic mass is 10.00. The van der Waals surface area contributed by atoms with Crippen molar-refractivity contribution in [3.63, 3.8) is 0 Å². The first-order valence-electron chi connectivity index (χ1n) is 8.01. The molecule has 24 heavy (non-hydrogen) atoms. The molecule has 0 saturated carbocycles. The van der Waals surface area contributed by atoms with Crippen LogP contribution in [0.15, 0.2) is 54.6 Å². The van der Waals surface area contributed by atoms with Gasteiger partial charge >= 0.3 is 6.09 Å². The highest BCUT2D eigenvalue weighted by molar-refractivity contribution is 5.82. The first kappa shape index (κ1) is 16.1. The Morgan fingerprint density at radius 3 is 2.50 bits per heavy atom. The van der Waals surface area contributed by atoms with Crippen LogP contribution in [0.2, 0.25) is 0 Å². The standard InChI is InChI=1S/C19H20N2O3/c22-18(21-11-10-16-8-4-5-9-17(16)13-21)12-20-19(23)24-14-15-6-2-1-3-7-15/h1-9H,10-14H2,(H,20,23). The second kappa shape index (κ2) is 7.64. The SMILES string of the molecule is O=C(NCC(=O)N1CCc2ccccc2C1)OCc1ccccc1. The summed E-state index contributed by atoms with van der Waals surface area (Å²) in [5.74, 6) is -0.0961. The summed E-state index contributed by atoms with van der Waals surface area (Å²) >= 11 is 0. The Hall–Kier alpha value is -2.82. The first-order valence-corrected chi connectivity index (χ1v) is 8.01. The summed E-state index contributed by atoms with van der Waals surface area (Å²) in [4.78, 5) is 25.7. The summed E-state index contributed by atoms with van der Waals surface area (Å²) in [6.45, 7) is 1.42. The Labute approximate surface area is 141 Å². The van der Waals surface area contributed by atoms with Gasteiger partial charge in [-0.15, -0.1) is 0 Å². The molecule has 5 nitrogen and oxygen atoms in total. The van der Waals surface area contributed by atoms with Gasteiger partial charge in [-0.3, -0.25) is 4.79 Å². The molecule has 3 rings (SSSR count). The third-order valence-corrected chi connectivity index (χ3v) is 4.08. The van der Waals surface area contributed by atoms with Gasteiger partial charge in [-0.2, -0.15) is 0 Å². The van der Waals surface area contributed by atoms with E-state index in [1.807, 2.05) is 48.5 Å².